The minimum Gasteiger partial charge on any atom is -0.296 e. The molecule has 1 aliphatic rings. The van der Waals surface area contributed by atoms with Crippen molar-refractivity contribution in [1.82, 2.24) is 9.88 Å². The molecule has 1 aliphatic carbocycles. The van der Waals surface area contributed by atoms with Gasteiger partial charge in [0.2, 0.25) is 0 Å². The van der Waals surface area contributed by atoms with Gasteiger partial charge in [-0.05, 0) is 58.7 Å². The van der Waals surface area contributed by atoms with Crippen LogP contribution < -0.4 is 0 Å². The van der Waals surface area contributed by atoms with E-state index in [-0.39, 0.29) is 5.54 Å². The summed E-state index contributed by atoms with van der Waals surface area (Å²) in [5.41, 5.74) is 4.21. The number of fused-ring (bicyclic) bond motifs is 1. The first-order valence-electron chi connectivity index (χ1n) is 6.16. The first-order chi connectivity index (χ1) is 7.47. The Morgan fingerprint density at radius 2 is 2.00 bits per heavy atom. The Morgan fingerprint density at radius 1 is 1.25 bits per heavy atom. The van der Waals surface area contributed by atoms with Gasteiger partial charge in [-0.1, -0.05) is 6.07 Å². The first kappa shape index (κ1) is 11.6. The second-order valence-corrected chi connectivity index (χ2v) is 5.79. The Kier molecular flexibility index (Phi) is 3.02. The van der Waals surface area contributed by atoms with Gasteiger partial charge in [0.05, 0.1) is 5.69 Å². The van der Waals surface area contributed by atoms with Crippen molar-refractivity contribution in [3.8, 4) is 0 Å². The molecule has 0 unspecified atom stereocenters. The molecule has 0 saturated carbocycles. The molecule has 2 rings (SSSR count). The van der Waals surface area contributed by atoms with Gasteiger partial charge in [0.25, 0.3) is 0 Å². The van der Waals surface area contributed by atoms with Crippen LogP contribution in [-0.4, -0.2) is 22.5 Å². The SMILES string of the molecule is CN(Cc1ccc2c(n1)CCC2)C(C)(C)C. The number of hydrogen-bond acceptors (Lipinski definition) is 2. The van der Waals surface area contributed by atoms with Crippen LogP contribution in [0.2, 0.25) is 0 Å². The minimum atomic E-state index is 0.209. The number of hydrogen-bond donors (Lipinski definition) is 0. The lowest BCUT2D eigenvalue weighted by Crippen LogP contribution is -2.37. The molecule has 0 fully saturated rings. The summed E-state index contributed by atoms with van der Waals surface area (Å²) in [5.74, 6) is 0. The smallest absolute Gasteiger partial charge is 0.0547 e. The van der Waals surface area contributed by atoms with Gasteiger partial charge in [-0.2, -0.15) is 0 Å². The molecule has 0 N–H and O–H groups in total. The van der Waals surface area contributed by atoms with Gasteiger partial charge in [-0.3, -0.25) is 9.88 Å². The summed E-state index contributed by atoms with van der Waals surface area (Å²) in [7, 11) is 2.16. The third kappa shape index (κ3) is 2.43. The maximum atomic E-state index is 4.77. The summed E-state index contributed by atoms with van der Waals surface area (Å²) < 4.78 is 0. The Morgan fingerprint density at radius 3 is 2.69 bits per heavy atom. The molecule has 16 heavy (non-hydrogen) atoms. The van der Waals surface area contributed by atoms with E-state index in [1.54, 1.807) is 0 Å². The molecule has 0 aromatic carbocycles. The predicted molar refractivity (Wildman–Crippen MR) is 67.5 cm³/mol. The maximum absolute atomic E-state index is 4.77. The van der Waals surface area contributed by atoms with E-state index < -0.39 is 0 Å². The zero-order valence-corrected chi connectivity index (χ0v) is 10.9. The van der Waals surface area contributed by atoms with Crippen molar-refractivity contribution in [1.29, 1.82) is 0 Å². The summed E-state index contributed by atoms with van der Waals surface area (Å²) in [5, 5.41) is 0. The van der Waals surface area contributed by atoms with Crippen LogP contribution in [0.5, 0.6) is 0 Å². The van der Waals surface area contributed by atoms with Crippen LogP contribution in [0.3, 0.4) is 0 Å². The lowest BCUT2D eigenvalue weighted by atomic mass is 10.1. The number of pyridine rings is 1. The van der Waals surface area contributed by atoms with Crippen molar-refractivity contribution in [2.45, 2.75) is 52.1 Å². The fourth-order valence-electron chi connectivity index (χ4n) is 2.03. The van der Waals surface area contributed by atoms with Gasteiger partial charge in [-0.25, -0.2) is 0 Å². The van der Waals surface area contributed by atoms with Gasteiger partial charge in [0, 0.05) is 17.8 Å². The third-order valence-electron chi connectivity index (χ3n) is 3.53. The van der Waals surface area contributed by atoms with Crippen LogP contribution in [0, 0.1) is 0 Å². The van der Waals surface area contributed by atoms with Gasteiger partial charge < -0.3 is 0 Å². The standard InChI is InChI=1S/C14H22N2/c1-14(2,3)16(4)10-12-9-8-11-6-5-7-13(11)15-12/h8-9H,5-7,10H2,1-4H3. The molecule has 0 amide bonds. The van der Waals surface area contributed by atoms with Crippen molar-refractivity contribution in [3.05, 3.63) is 29.1 Å². The van der Waals surface area contributed by atoms with E-state index in [1.165, 1.54) is 36.2 Å². The van der Waals surface area contributed by atoms with Crippen molar-refractivity contribution in [3.63, 3.8) is 0 Å². The summed E-state index contributed by atoms with van der Waals surface area (Å²) >= 11 is 0. The third-order valence-corrected chi connectivity index (χ3v) is 3.53. The molecule has 1 aromatic heterocycles. The predicted octanol–water partition coefficient (Wildman–Crippen LogP) is 2.80. The highest BCUT2D eigenvalue weighted by atomic mass is 15.2. The normalized spacial score (nSPS) is 15.6. The van der Waals surface area contributed by atoms with Gasteiger partial charge in [0.1, 0.15) is 0 Å². The van der Waals surface area contributed by atoms with Crippen LogP contribution in [-0.2, 0) is 19.4 Å². The number of aromatic nitrogens is 1. The molecule has 0 aliphatic heterocycles. The quantitative estimate of drug-likeness (QED) is 0.759. The molecular weight excluding hydrogens is 196 g/mol. The number of rotatable bonds is 2. The Balaban J connectivity index is 2.11. The molecule has 0 radical (unpaired) electrons. The van der Waals surface area contributed by atoms with E-state index in [4.69, 9.17) is 4.98 Å². The first-order valence-corrected chi connectivity index (χ1v) is 6.16. The number of nitrogens with zero attached hydrogens (tertiary/aromatic N) is 2. The van der Waals surface area contributed by atoms with E-state index in [0.29, 0.717) is 0 Å². The lowest BCUT2D eigenvalue weighted by molar-refractivity contribution is 0.165. The largest absolute Gasteiger partial charge is 0.296 e. The minimum absolute atomic E-state index is 0.209. The topological polar surface area (TPSA) is 16.1 Å². The zero-order chi connectivity index (χ0) is 11.8. The molecule has 2 nitrogen and oxygen atoms in total. The molecular formula is C14H22N2. The van der Waals surface area contributed by atoms with Crippen LogP contribution in [0.15, 0.2) is 12.1 Å². The fourth-order valence-corrected chi connectivity index (χ4v) is 2.03. The van der Waals surface area contributed by atoms with Crippen molar-refractivity contribution in [2.24, 2.45) is 0 Å². The molecule has 88 valence electrons. The lowest BCUT2D eigenvalue weighted by Gasteiger charge is -2.31. The maximum Gasteiger partial charge on any atom is 0.0547 e. The molecule has 1 aromatic rings. The van der Waals surface area contributed by atoms with Crippen molar-refractivity contribution < 1.29 is 0 Å². The van der Waals surface area contributed by atoms with E-state index in [0.717, 1.165) is 6.54 Å². The second kappa shape index (κ2) is 4.17. The van der Waals surface area contributed by atoms with Gasteiger partial charge in [-0.15, -0.1) is 0 Å². The average Bonchev–Trinajstić information content (AvgIpc) is 2.63. The summed E-state index contributed by atoms with van der Waals surface area (Å²) in [6, 6.07) is 4.45. The van der Waals surface area contributed by atoms with Gasteiger partial charge >= 0.3 is 0 Å². The number of aryl methyl sites for hydroxylation is 2. The molecule has 0 atom stereocenters. The average molecular weight is 218 g/mol. The van der Waals surface area contributed by atoms with E-state index in [1.807, 2.05) is 0 Å². The highest BCUT2D eigenvalue weighted by Crippen LogP contribution is 2.21. The van der Waals surface area contributed by atoms with Crippen LogP contribution >= 0.6 is 0 Å². The van der Waals surface area contributed by atoms with Crippen LogP contribution in [0.1, 0.15) is 44.1 Å². The monoisotopic (exact) mass is 218 g/mol. The van der Waals surface area contributed by atoms with Crippen LogP contribution in [0.4, 0.5) is 0 Å². The molecule has 0 bridgehead atoms. The van der Waals surface area contributed by atoms with E-state index in [9.17, 15) is 0 Å². The Hall–Kier alpha value is -0.890. The Labute approximate surface area is 98.7 Å². The summed E-state index contributed by atoms with van der Waals surface area (Å²) in [6.07, 6.45) is 3.67. The highest BCUT2D eigenvalue weighted by Gasteiger charge is 2.18. The molecule has 2 heteroatoms. The van der Waals surface area contributed by atoms with E-state index >= 15 is 0 Å². The zero-order valence-electron chi connectivity index (χ0n) is 10.9. The van der Waals surface area contributed by atoms with E-state index in [2.05, 4.69) is 44.9 Å². The van der Waals surface area contributed by atoms with Crippen molar-refractivity contribution in [2.75, 3.05) is 7.05 Å². The molecule has 1 heterocycles. The second-order valence-electron chi connectivity index (χ2n) is 5.79. The Bertz CT molecular complexity index is 377. The summed E-state index contributed by atoms with van der Waals surface area (Å²) in [6.45, 7) is 7.65. The highest BCUT2D eigenvalue weighted by molar-refractivity contribution is 5.27. The fraction of sp³-hybridized carbons (Fsp3) is 0.643. The molecule has 0 saturated heterocycles. The van der Waals surface area contributed by atoms with Crippen LogP contribution in [0.25, 0.3) is 0 Å². The van der Waals surface area contributed by atoms with Gasteiger partial charge in [0.15, 0.2) is 0 Å². The van der Waals surface area contributed by atoms with Crippen molar-refractivity contribution >= 4 is 0 Å². The summed E-state index contributed by atoms with van der Waals surface area (Å²) in [4.78, 5) is 7.11. The molecule has 0 spiro atoms.